The van der Waals surface area contributed by atoms with Gasteiger partial charge in [0, 0.05) is 124 Å². The lowest BCUT2D eigenvalue weighted by Gasteiger charge is -2.25. The van der Waals surface area contributed by atoms with Crippen molar-refractivity contribution in [3.63, 3.8) is 0 Å². The summed E-state index contributed by atoms with van der Waals surface area (Å²) in [5, 5.41) is 53.8. The summed E-state index contributed by atoms with van der Waals surface area (Å²) in [4.78, 5) is 118. The lowest BCUT2D eigenvalue weighted by molar-refractivity contribution is 0.0897. The molecule has 0 unspecified atom stereocenters. The fraction of sp³-hybridized carbons (Fsp3) is 0.320. The molecule has 0 amide bonds. The number of hydrogen-bond donors (Lipinski definition) is 6. The van der Waals surface area contributed by atoms with Gasteiger partial charge < -0.3 is 30.6 Å². The highest BCUT2D eigenvalue weighted by molar-refractivity contribution is 6.42. The molecule has 2 aliphatic carbocycles. The molecule has 6 heterocycles. The quantitative estimate of drug-likeness (QED) is 0.0180. The summed E-state index contributed by atoms with van der Waals surface area (Å²) >= 11 is 12.0. The summed E-state index contributed by atoms with van der Waals surface area (Å²) in [6.45, 7) is 14.3. The second-order valence-electron chi connectivity index (χ2n) is 33.7. The van der Waals surface area contributed by atoms with Gasteiger partial charge in [-0.1, -0.05) is 145 Å². The number of carbonyl (C=O) groups excluding carboxylic acids is 6. The second kappa shape index (κ2) is 45.1. The van der Waals surface area contributed by atoms with Gasteiger partial charge in [-0.2, -0.15) is 0 Å². The summed E-state index contributed by atoms with van der Waals surface area (Å²) in [7, 11) is 0. The molecule has 129 heavy (non-hydrogen) atoms. The van der Waals surface area contributed by atoms with E-state index >= 15 is 0 Å². The van der Waals surface area contributed by atoms with Gasteiger partial charge in [0.15, 0.2) is 46.3 Å². The summed E-state index contributed by atoms with van der Waals surface area (Å²) in [5.74, 6) is -1.65. The van der Waals surface area contributed by atoms with Crippen molar-refractivity contribution in [3.05, 3.63) is 354 Å². The number of aryl methyl sites for hydroxylation is 1. The molecule has 0 bridgehead atoms. The van der Waals surface area contributed by atoms with Gasteiger partial charge in [-0.05, 0) is 154 Å². The zero-order valence-electron chi connectivity index (χ0n) is 72.4. The number of halogens is 8. The number of aromatic nitrogens is 12. The van der Waals surface area contributed by atoms with Crippen LogP contribution in [0.25, 0.3) is 0 Å². The lowest BCUT2D eigenvalue weighted by Crippen LogP contribution is -2.22. The van der Waals surface area contributed by atoms with Crippen molar-refractivity contribution in [2.24, 2.45) is 0 Å². The molecule has 6 N–H and O–H groups in total. The van der Waals surface area contributed by atoms with E-state index in [2.05, 4.69) is 73.7 Å². The van der Waals surface area contributed by atoms with E-state index in [0.29, 0.717) is 117 Å². The molecular formula is C97H98Cl2F6N12O12. The predicted octanol–water partition coefficient (Wildman–Crippen LogP) is 15.0. The lowest BCUT2D eigenvalue weighted by atomic mass is 9.80. The van der Waals surface area contributed by atoms with Crippen LogP contribution in [-0.2, 0) is 71.0 Å². The summed E-state index contributed by atoms with van der Waals surface area (Å²) < 4.78 is 80.0. The predicted molar refractivity (Wildman–Crippen MR) is 470 cm³/mol. The Morgan fingerprint density at radius 1 is 0.310 bits per heavy atom. The fourth-order valence-corrected chi connectivity index (χ4v) is 13.9. The molecule has 0 aliphatic heterocycles. The van der Waals surface area contributed by atoms with E-state index in [0.717, 1.165) is 54.0 Å². The van der Waals surface area contributed by atoms with Crippen LogP contribution >= 0.6 is 23.2 Å². The zero-order valence-corrected chi connectivity index (χ0v) is 73.9. The third-order valence-electron chi connectivity index (χ3n) is 22.0. The van der Waals surface area contributed by atoms with Gasteiger partial charge in [0.05, 0.1) is 43.4 Å². The molecule has 6 aromatic carbocycles. The van der Waals surface area contributed by atoms with Crippen LogP contribution in [0.4, 0.5) is 26.3 Å². The highest BCUT2D eigenvalue weighted by Crippen LogP contribution is 2.52. The molecule has 0 spiro atoms. The minimum atomic E-state index is -0.893. The first-order chi connectivity index (χ1) is 61.2. The largest absolute Gasteiger partial charge is 0.388 e. The average Bonchev–Trinajstić information content (AvgIpc) is 1.52. The van der Waals surface area contributed by atoms with Crippen molar-refractivity contribution in [2.45, 2.75) is 159 Å². The van der Waals surface area contributed by atoms with E-state index < -0.39 is 85.6 Å². The minimum Gasteiger partial charge on any atom is -0.388 e. The number of benzene rings is 6. The summed E-state index contributed by atoms with van der Waals surface area (Å²) in [6.07, 6.45) is 24.1. The van der Waals surface area contributed by atoms with Crippen LogP contribution in [0.5, 0.6) is 0 Å². The first-order valence-electron chi connectivity index (χ1n) is 40.8. The Bertz CT molecular complexity index is 5580. The van der Waals surface area contributed by atoms with Gasteiger partial charge in [0.2, 0.25) is 0 Å². The van der Waals surface area contributed by atoms with E-state index in [-0.39, 0.29) is 72.8 Å². The van der Waals surface area contributed by atoms with Crippen LogP contribution in [0.3, 0.4) is 0 Å². The van der Waals surface area contributed by atoms with E-state index in [1.54, 1.807) is 31.2 Å². The number of aliphatic hydroxyl groups is 6. The average molecular weight is 1810 g/mol. The second-order valence-corrected chi connectivity index (χ2v) is 34.5. The standard InChI is InChI=1S/C17H19FN2O2.C16H16Cl2N2O2.C16H16F2N2O2.2C16H15FN2O2.C16H17FN2O2/c1-11-6-13(4-5-14(11)18)17(2,3)7-16-19-8-12(9-20-16)15(22)10-21;2*1-16(2,11-3-4-12(17)13(18)5-11)6-15-19-7-10(8-20-15)14(22)9-21;17-13-3-1-12(2-4-13)16(5-6-16)7-15-18-8-11(9-19-15)14(21)10-20;17-13-4-2-1-3-12(13)16(5-6-16)7-15-18-8-11(9-19-15)14(21)10-20;1-16(2,12-4-3-5-13(17)6-12)7-15-18-8-11(9-19-15)14(21)10-20/h4-6,8-9,21H,7,10H2,1-3H3;2*3-5,7-8,21H,6,9H2,1-2H3;2*1-4,8-9,20H,5-7,10H2;3-6,8-9,20H,7,10H2,1-2H3. The van der Waals surface area contributed by atoms with Gasteiger partial charge in [-0.3, -0.25) is 28.8 Å². The molecule has 12 aromatic rings. The van der Waals surface area contributed by atoms with Crippen molar-refractivity contribution in [1.29, 1.82) is 0 Å². The third-order valence-corrected chi connectivity index (χ3v) is 22.7. The van der Waals surface area contributed by atoms with Crippen LogP contribution in [0.15, 0.2) is 202 Å². The molecule has 6 aromatic heterocycles. The van der Waals surface area contributed by atoms with E-state index in [1.807, 2.05) is 90.1 Å². The monoisotopic (exact) mass is 1810 g/mol. The van der Waals surface area contributed by atoms with Crippen molar-refractivity contribution in [1.82, 2.24) is 59.8 Å². The van der Waals surface area contributed by atoms with Gasteiger partial charge >= 0.3 is 0 Å². The van der Waals surface area contributed by atoms with Crippen LogP contribution < -0.4 is 0 Å². The maximum Gasteiger partial charge on any atom is 0.191 e. The molecule has 14 rings (SSSR count). The van der Waals surface area contributed by atoms with Crippen molar-refractivity contribution < 1.29 is 85.7 Å². The van der Waals surface area contributed by atoms with Crippen LogP contribution in [-0.4, -0.2) is 165 Å². The minimum absolute atomic E-state index is 0.00377. The van der Waals surface area contributed by atoms with Gasteiger partial charge in [0.1, 0.15) is 97.9 Å². The maximum atomic E-state index is 13.9. The molecule has 32 heteroatoms. The number of nitrogens with zero attached hydrogens (tertiary/aromatic N) is 12. The summed E-state index contributed by atoms with van der Waals surface area (Å²) in [6, 6.07) is 34.2. The van der Waals surface area contributed by atoms with Crippen molar-refractivity contribution >= 4 is 57.9 Å². The molecule has 674 valence electrons. The van der Waals surface area contributed by atoms with Gasteiger partial charge in [-0.25, -0.2) is 86.2 Å². The smallest absolute Gasteiger partial charge is 0.191 e. The van der Waals surface area contributed by atoms with Gasteiger partial charge in [0.25, 0.3) is 0 Å². The van der Waals surface area contributed by atoms with Crippen LogP contribution in [0, 0.1) is 41.8 Å². The molecule has 2 saturated carbocycles. The first-order valence-corrected chi connectivity index (χ1v) is 41.6. The van der Waals surface area contributed by atoms with Crippen LogP contribution in [0.1, 0.15) is 217 Å². The third kappa shape index (κ3) is 28.4. The normalized spacial score (nSPS) is 12.9. The number of aliphatic hydroxyl groups excluding tert-OH is 6. The number of carbonyl (C=O) groups is 6. The Kier molecular flexibility index (Phi) is 35.2. The Hall–Kier alpha value is -12.3. The molecule has 0 atom stereocenters. The number of Topliss-reactive ketones (excluding diaryl/α,β-unsaturated/α-hetero) is 6. The SMILES string of the molecule is CC(C)(Cc1ncc(C(=O)CO)cn1)c1ccc(Cl)c(Cl)c1.CC(C)(Cc1ncc(C(=O)CO)cn1)c1ccc(F)c(F)c1.CC(C)(Cc1ncc(C(=O)CO)cn1)c1cccc(F)c1.Cc1cc(C(C)(C)Cc2ncc(C(=O)CO)cn2)ccc1F.O=C(CO)c1cnc(CC2(c3ccc(F)cc3)CC2)nc1.O=C(CO)c1cnc(CC2(c3ccccc3F)CC2)nc1. The number of rotatable bonds is 30. The molecule has 2 aliphatic rings. The van der Waals surface area contributed by atoms with E-state index in [4.69, 9.17) is 53.8 Å². The molecule has 0 radical (unpaired) electrons. The topological polar surface area (TPSA) is 378 Å². The maximum absolute atomic E-state index is 13.9. The highest BCUT2D eigenvalue weighted by atomic mass is 35.5. The molecular weight excluding hydrogens is 1710 g/mol. The number of ketones is 6. The molecule has 24 nitrogen and oxygen atoms in total. The fourth-order valence-electron chi connectivity index (χ4n) is 13.6. The van der Waals surface area contributed by atoms with Crippen molar-refractivity contribution in [2.75, 3.05) is 39.6 Å². The Morgan fingerprint density at radius 3 is 0.938 bits per heavy atom. The Morgan fingerprint density at radius 2 is 0.620 bits per heavy atom. The van der Waals surface area contributed by atoms with E-state index in [9.17, 15) is 55.1 Å². The molecule has 2 fully saturated rings. The summed E-state index contributed by atoms with van der Waals surface area (Å²) in [5.41, 5.74) is 6.11. The first kappa shape index (κ1) is 101. The van der Waals surface area contributed by atoms with Gasteiger partial charge in [-0.15, -0.1) is 0 Å². The van der Waals surface area contributed by atoms with Crippen LogP contribution in [0.2, 0.25) is 10.0 Å². The molecule has 0 saturated heterocycles. The number of hydrogen-bond acceptors (Lipinski definition) is 24. The zero-order chi connectivity index (χ0) is 94.2. The Labute approximate surface area is 752 Å². The van der Waals surface area contributed by atoms with Crippen molar-refractivity contribution in [3.8, 4) is 0 Å². The highest BCUT2D eigenvalue weighted by Gasteiger charge is 2.47. The van der Waals surface area contributed by atoms with E-state index in [1.165, 1.54) is 123 Å². The Balaban J connectivity index is 0.000000175.